The molecule has 0 saturated carbocycles. The van der Waals surface area contributed by atoms with Crippen molar-refractivity contribution in [3.05, 3.63) is 75.1 Å². The Morgan fingerprint density at radius 2 is 2.00 bits per heavy atom. The maximum Gasteiger partial charge on any atom is 0.290 e. The number of aliphatic hydroxyl groups is 1. The summed E-state index contributed by atoms with van der Waals surface area (Å²) in [7, 11) is 1.61. The molecular weight excluding hydrogens is 439 g/mol. The van der Waals surface area contributed by atoms with Crippen LogP contribution in [-0.2, 0) is 16.0 Å². The number of ketones is 1. The van der Waals surface area contributed by atoms with Gasteiger partial charge in [-0.3, -0.25) is 9.59 Å². The molecule has 4 rings (SSSR count). The molecule has 0 unspecified atom stereocenters. The number of fused-ring (bicyclic) bond motifs is 1. The quantitative estimate of drug-likeness (QED) is 0.543. The normalized spacial score (nSPS) is 16.5. The van der Waals surface area contributed by atoms with Crippen molar-refractivity contribution >= 4 is 45.8 Å². The minimum absolute atomic E-state index is 0.0369. The molecule has 2 N–H and O–H groups in total. The van der Waals surface area contributed by atoms with E-state index >= 15 is 0 Å². The molecule has 0 radical (unpaired) electrons. The Balaban J connectivity index is 1.69. The van der Waals surface area contributed by atoms with Crippen LogP contribution in [-0.4, -0.2) is 40.3 Å². The lowest BCUT2D eigenvalue weighted by atomic mass is 9.96. The van der Waals surface area contributed by atoms with Crippen molar-refractivity contribution in [2.45, 2.75) is 19.4 Å². The van der Waals surface area contributed by atoms with Crippen LogP contribution in [0.5, 0.6) is 5.75 Å². The summed E-state index contributed by atoms with van der Waals surface area (Å²) in [6, 6.07) is 9.81. The number of rotatable bonds is 6. The van der Waals surface area contributed by atoms with Crippen LogP contribution in [0.2, 0.25) is 10.0 Å². The van der Waals surface area contributed by atoms with Gasteiger partial charge in [-0.25, -0.2) is 0 Å². The first-order valence-corrected chi connectivity index (χ1v) is 10.4. The van der Waals surface area contributed by atoms with Crippen molar-refractivity contribution in [1.82, 2.24) is 9.88 Å². The van der Waals surface area contributed by atoms with Crippen LogP contribution >= 0.6 is 23.2 Å². The Labute approximate surface area is 189 Å². The van der Waals surface area contributed by atoms with E-state index in [9.17, 15) is 14.7 Å². The first-order chi connectivity index (χ1) is 14.8. The predicted octanol–water partition coefficient (Wildman–Crippen LogP) is 5.01. The molecule has 0 spiro atoms. The molecule has 0 aliphatic carbocycles. The average Bonchev–Trinajstić information content (AvgIpc) is 3.25. The van der Waals surface area contributed by atoms with Gasteiger partial charge in [0.15, 0.2) is 11.5 Å². The van der Waals surface area contributed by atoms with Crippen LogP contribution in [0.25, 0.3) is 10.9 Å². The molecule has 1 aliphatic rings. The Hall–Kier alpha value is -2.96. The third-order valence-electron chi connectivity index (χ3n) is 5.54. The topological polar surface area (TPSA) is 82.6 Å². The van der Waals surface area contributed by atoms with Gasteiger partial charge in [-0.2, -0.15) is 0 Å². The van der Waals surface area contributed by atoms with Crippen molar-refractivity contribution in [3.8, 4) is 5.75 Å². The number of hydrogen-bond donors (Lipinski definition) is 2. The number of carbonyl (C=O) groups excluding carboxylic acids is 2. The summed E-state index contributed by atoms with van der Waals surface area (Å²) in [5.41, 5.74) is 2.51. The Bertz CT molecular complexity index is 1230. The standard InChI is InChI=1S/C23H20Cl2N2O4/c1-12(28)20-21(16-5-3-14(24)9-18(16)25)27(23(30)22(20)29)8-7-13-11-26-19-6-4-15(31-2)10-17(13)19/h3-6,9-11,21,26,29H,7-8H2,1-2H3/t21-/m1/s1. The molecular formula is C23H20Cl2N2O4. The molecule has 1 amide bonds. The first-order valence-electron chi connectivity index (χ1n) is 9.65. The SMILES string of the molecule is COc1ccc2[nH]cc(CCN3C(=O)C(O)=C(C(C)=O)[C@H]3c3ccc(Cl)cc3Cl)c2c1. The summed E-state index contributed by atoms with van der Waals surface area (Å²) in [6.07, 6.45) is 2.38. The molecule has 0 saturated heterocycles. The number of H-pyrrole nitrogens is 1. The number of aromatic nitrogens is 1. The number of Topliss-reactive ketones (excluding diaryl/α,β-unsaturated/α-hetero) is 1. The third kappa shape index (κ3) is 3.77. The maximum atomic E-state index is 12.9. The fraction of sp³-hybridized carbons (Fsp3) is 0.217. The second-order valence-corrected chi connectivity index (χ2v) is 8.20. The highest BCUT2D eigenvalue weighted by atomic mass is 35.5. The van der Waals surface area contributed by atoms with Gasteiger partial charge >= 0.3 is 0 Å². The molecule has 1 aliphatic heterocycles. The molecule has 0 bridgehead atoms. The van der Waals surface area contributed by atoms with Crippen LogP contribution < -0.4 is 4.74 Å². The average molecular weight is 459 g/mol. The van der Waals surface area contributed by atoms with E-state index in [0.29, 0.717) is 22.0 Å². The van der Waals surface area contributed by atoms with Crippen molar-refractivity contribution in [2.24, 2.45) is 0 Å². The summed E-state index contributed by atoms with van der Waals surface area (Å²) in [6.45, 7) is 1.60. The van der Waals surface area contributed by atoms with Gasteiger partial charge in [0.25, 0.3) is 5.91 Å². The van der Waals surface area contributed by atoms with Crippen LogP contribution in [0, 0.1) is 0 Å². The maximum absolute atomic E-state index is 12.9. The molecule has 160 valence electrons. The third-order valence-corrected chi connectivity index (χ3v) is 6.10. The summed E-state index contributed by atoms with van der Waals surface area (Å²) in [5.74, 6) is -0.793. The van der Waals surface area contributed by atoms with Crippen molar-refractivity contribution < 1.29 is 19.4 Å². The first kappa shape index (κ1) is 21.3. The highest BCUT2D eigenvalue weighted by Crippen LogP contribution is 2.41. The Morgan fingerprint density at radius 1 is 1.23 bits per heavy atom. The van der Waals surface area contributed by atoms with E-state index in [0.717, 1.165) is 22.2 Å². The Morgan fingerprint density at radius 3 is 2.68 bits per heavy atom. The number of halogens is 2. The molecule has 2 heterocycles. The van der Waals surface area contributed by atoms with Gasteiger partial charge in [-0.05, 0) is 54.8 Å². The van der Waals surface area contributed by atoms with Gasteiger partial charge in [-0.1, -0.05) is 29.3 Å². The largest absolute Gasteiger partial charge is 0.503 e. The van der Waals surface area contributed by atoms with Gasteiger partial charge in [-0.15, -0.1) is 0 Å². The summed E-state index contributed by atoms with van der Waals surface area (Å²) >= 11 is 12.4. The van der Waals surface area contributed by atoms with E-state index in [-0.39, 0.29) is 17.9 Å². The lowest BCUT2D eigenvalue weighted by Crippen LogP contribution is -2.33. The lowest BCUT2D eigenvalue weighted by Gasteiger charge is -2.27. The number of methoxy groups -OCH3 is 1. The number of benzene rings is 2. The molecule has 2 aromatic carbocycles. The van der Waals surface area contributed by atoms with E-state index in [1.54, 1.807) is 25.3 Å². The zero-order valence-corrected chi connectivity index (χ0v) is 18.4. The van der Waals surface area contributed by atoms with Crippen LogP contribution in [0.15, 0.2) is 53.9 Å². The number of aromatic amines is 1. The fourth-order valence-electron chi connectivity index (χ4n) is 4.02. The zero-order chi connectivity index (χ0) is 22.3. The molecule has 0 fully saturated rings. The van der Waals surface area contributed by atoms with Crippen LogP contribution in [0.1, 0.15) is 24.1 Å². The van der Waals surface area contributed by atoms with E-state index in [1.807, 2.05) is 24.4 Å². The smallest absolute Gasteiger partial charge is 0.290 e. The zero-order valence-electron chi connectivity index (χ0n) is 16.9. The second-order valence-electron chi connectivity index (χ2n) is 7.36. The van der Waals surface area contributed by atoms with Crippen molar-refractivity contribution in [2.75, 3.05) is 13.7 Å². The highest BCUT2D eigenvalue weighted by molar-refractivity contribution is 6.35. The molecule has 6 nitrogen and oxygen atoms in total. The van der Waals surface area contributed by atoms with Gasteiger partial charge in [0, 0.05) is 33.7 Å². The van der Waals surface area contributed by atoms with E-state index in [4.69, 9.17) is 27.9 Å². The van der Waals surface area contributed by atoms with Gasteiger partial charge in [0.05, 0.1) is 18.7 Å². The molecule has 8 heteroatoms. The number of carbonyl (C=O) groups is 2. The predicted molar refractivity (Wildman–Crippen MR) is 120 cm³/mol. The minimum Gasteiger partial charge on any atom is -0.503 e. The van der Waals surface area contributed by atoms with Crippen molar-refractivity contribution in [3.63, 3.8) is 0 Å². The van der Waals surface area contributed by atoms with Crippen LogP contribution in [0.4, 0.5) is 0 Å². The summed E-state index contributed by atoms with van der Waals surface area (Å²) < 4.78 is 5.31. The second kappa shape index (κ2) is 8.29. The molecule has 1 aromatic heterocycles. The van der Waals surface area contributed by atoms with Gasteiger partial charge in [0.2, 0.25) is 0 Å². The molecule has 3 aromatic rings. The van der Waals surface area contributed by atoms with E-state index < -0.39 is 17.7 Å². The van der Waals surface area contributed by atoms with Crippen molar-refractivity contribution in [1.29, 1.82) is 0 Å². The Kier molecular flexibility index (Phi) is 5.69. The summed E-state index contributed by atoms with van der Waals surface area (Å²) in [5, 5.41) is 12.2. The number of ether oxygens (including phenoxy) is 1. The highest BCUT2D eigenvalue weighted by Gasteiger charge is 2.42. The number of hydrogen-bond acceptors (Lipinski definition) is 4. The van der Waals surface area contributed by atoms with Crippen LogP contribution in [0.3, 0.4) is 0 Å². The lowest BCUT2D eigenvalue weighted by molar-refractivity contribution is -0.129. The fourth-order valence-corrected chi connectivity index (χ4v) is 4.53. The number of aliphatic hydroxyl groups excluding tert-OH is 1. The number of nitrogens with zero attached hydrogens (tertiary/aromatic N) is 1. The van der Waals surface area contributed by atoms with E-state index in [1.165, 1.54) is 11.8 Å². The molecule has 31 heavy (non-hydrogen) atoms. The van der Waals surface area contributed by atoms with Gasteiger partial charge < -0.3 is 19.7 Å². The molecule has 1 atom stereocenters. The number of amides is 1. The monoisotopic (exact) mass is 458 g/mol. The van der Waals surface area contributed by atoms with Gasteiger partial charge in [0.1, 0.15) is 5.75 Å². The summed E-state index contributed by atoms with van der Waals surface area (Å²) in [4.78, 5) is 29.9. The van der Waals surface area contributed by atoms with E-state index in [2.05, 4.69) is 4.98 Å². The number of nitrogens with one attached hydrogen (secondary N) is 1. The minimum atomic E-state index is -0.783.